The van der Waals surface area contributed by atoms with E-state index in [1.165, 1.54) is 0 Å². The van der Waals surface area contributed by atoms with Gasteiger partial charge >= 0.3 is 0 Å². The Bertz CT molecular complexity index is 2840. The number of carbonyl (C=O) groups is 2. The molecule has 348 valence electrons. The van der Waals surface area contributed by atoms with Gasteiger partial charge in [-0.25, -0.2) is 87.8 Å². The molecule has 4 nitrogen and oxygen atoms in total. The number of benzene rings is 6. The third-order valence-corrected chi connectivity index (χ3v) is 10.3. The number of fused-ring (bicyclic) bond motifs is 1. The highest BCUT2D eigenvalue weighted by atomic mass is 19.2. The molecule has 6 aromatic carbocycles. The van der Waals surface area contributed by atoms with Crippen molar-refractivity contribution in [3.8, 4) is 0 Å². The zero-order valence-electron chi connectivity index (χ0n) is 32.0. The number of halogens is 20. The maximum atomic E-state index is 15.4. The molecule has 7 aromatic rings. The summed E-state index contributed by atoms with van der Waals surface area (Å²) in [6.07, 6.45) is -3.60. The molecular weight excluding hydrogens is 955 g/mol. The fourth-order valence-corrected chi connectivity index (χ4v) is 7.33. The lowest BCUT2D eigenvalue weighted by Crippen LogP contribution is -2.81. The highest BCUT2D eigenvalue weighted by Crippen LogP contribution is 2.31. The van der Waals surface area contributed by atoms with Crippen LogP contribution in [0, 0.1) is 116 Å². The standard InChI is InChI=1S/C24BF20.C18H14N2O2/c26-5-1(6(27)14(35)21(42)13(5)34)25(2-7(28)15(36)22(43)16(37)8(2)29,3-9(30)17(38)23(44)18(39)10(3)31)4-11(32)19(40)24(45)20(41)12(4)33;19-18(22)15-8-4-7-13-9-10-20(11-16(13)15)12-17(21)14-5-2-1-3-6-14/h;1-11H,12H2,(H-,19,22)/q-1;/p+1. The van der Waals surface area contributed by atoms with Gasteiger partial charge in [-0.1, -0.05) is 42.5 Å². The lowest BCUT2D eigenvalue weighted by Gasteiger charge is -2.44. The second-order valence-electron chi connectivity index (χ2n) is 13.9. The first-order chi connectivity index (χ1) is 31.3. The molecule has 0 atom stereocenters. The van der Waals surface area contributed by atoms with Gasteiger partial charge in [0.05, 0.1) is 10.9 Å². The summed E-state index contributed by atoms with van der Waals surface area (Å²) in [6, 6.07) is 16.4. The van der Waals surface area contributed by atoms with Crippen LogP contribution in [0.3, 0.4) is 0 Å². The summed E-state index contributed by atoms with van der Waals surface area (Å²) in [5.74, 6) is -71.9. The summed E-state index contributed by atoms with van der Waals surface area (Å²) in [5.41, 5.74) is -7.80. The molecule has 0 spiro atoms. The molecular formula is C42H15BF20N2O2. The Kier molecular flexibility index (Phi) is 13.2. The number of carbonyl (C=O) groups excluding carboxylic acids is 2. The van der Waals surface area contributed by atoms with E-state index in [9.17, 15) is 62.3 Å². The molecule has 0 saturated carbocycles. The molecule has 1 heterocycles. The Labute approximate surface area is 359 Å². The average Bonchev–Trinajstić information content (AvgIpc) is 3.31. The molecule has 0 aliphatic heterocycles. The van der Waals surface area contributed by atoms with E-state index in [1.807, 2.05) is 36.5 Å². The average molecular weight is 970 g/mol. The Morgan fingerprint density at radius 1 is 0.403 bits per heavy atom. The van der Waals surface area contributed by atoms with Gasteiger partial charge in [0.1, 0.15) is 52.7 Å². The fourth-order valence-electron chi connectivity index (χ4n) is 7.33. The van der Waals surface area contributed by atoms with Crippen LogP contribution in [0.15, 0.2) is 67.0 Å². The van der Waals surface area contributed by atoms with Gasteiger partial charge in [-0.3, -0.25) is 9.59 Å². The van der Waals surface area contributed by atoms with Crippen molar-refractivity contribution in [1.29, 1.82) is 0 Å². The van der Waals surface area contributed by atoms with E-state index in [-0.39, 0.29) is 12.3 Å². The third-order valence-electron chi connectivity index (χ3n) is 10.3. The minimum atomic E-state index is -7.22. The summed E-state index contributed by atoms with van der Waals surface area (Å²) in [5, 5.41) is 1.66. The first-order valence-electron chi connectivity index (χ1n) is 17.9. The number of hydrogen-bond acceptors (Lipinski definition) is 2. The first kappa shape index (κ1) is 49.0. The topological polar surface area (TPSA) is 64.0 Å². The summed E-state index contributed by atoms with van der Waals surface area (Å²) >= 11 is 0. The number of nitrogens with zero attached hydrogens (tertiary/aromatic N) is 1. The van der Waals surface area contributed by atoms with Gasteiger partial charge in [0.25, 0.3) is 0 Å². The van der Waals surface area contributed by atoms with E-state index >= 15 is 35.1 Å². The zero-order chi connectivity index (χ0) is 49.9. The van der Waals surface area contributed by atoms with Crippen molar-refractivity contribution in [2.75, 3.05) is 0 Å². The normalized spacial score (nSPS) is 11.5. The van der Waals surface area contributed by atoms with Gasteiger partial charge < -0.3 is 5.73 Å². The number of rotatable bonds is 8. The van der Waals surface area contributed by atoms with Crippen LogP contribution in [-0.2, 0) is 6.54 Å². The molecule has 0 fully saturated rings. The van der Waals surface area contributed by atoms with E-state index in [0.717, 1.165) is 10.8 Å². The Balaban J connectivity index is 0.000000279. The lowest BCUT2D eigenvalue weighted by atomic mass is 9.12. The molecule has 67 heavy (non-hydrogen) atoms. The van der Waals surface area contributed by atoms with Gasteiger partial charge in [0, 0.05) is 11.6 Å². The van der Waals surface area contributed by atoms with E-state index in [4.69, 9.17) is 5.73 Å². The van der Waals surface area contributed by atoms with Crippen LogP contribution in [0.4, 0.5) is 87.8 Å². The predicted molar refractivity (Wildman–Crippen MR) is 193 cm³/mol. The minimum absolute atomic E-state index is 0.0153. The minimum Gasteiger partial charge on any atom is -0.366 e. The summed E-state index contributed by atoms with van der Waals surface area (Å²) in [7, 11) is 0. The van der Waals surface area contributed by atoms with Crippen molar-refractivity contribution in [1.82, 2.24) is 0 Å². The highest BCUT2D eigenvalue weighted by molar-refractivity contribution is 7.20. The molecule has 0 aliphatic rings. The van der Waals surface area contributed by atoms with Crippen LogP contribution in [0.25, 0.3) is 10.8 Å². The van der Waals surface area contributed by atoms with Gasteiger partial charge in [-0.15, -0.1) is 21.9 Å². The molecule has 0 aliphatic carbocycles. The number of Topliss-reactive ketones (excluding diaryl/α,β-unsaturated/α-hetero) is 1. The van der Waals surface area contributed by atoms with Crippen molar-refractivity contribution in [2.45, 2.75) is 6.54 Å². The molecule has 2 N–H and O–H groups in total. The number of aromatic nitrogens is 1. The van der Waals surface area contributed by atoms with Crippen LogP contribution in [0.5, 0.6) is 0 Å². The van der Waals surface area contributed by atoms with Gasteiger partial charge in [-0.2, -0.15) is 4.57 Å². The van der Waals surface area contributed by atoms with Gasteiger partial charge in [0.2, 0.25) is 18.2 Å². The van der Waals surface area contributed by atoms with Crippen LogP contribution >= 0.6 is 0 Å². The first-order valence-corrected chi connectivity index (χ1v) is 17.9. The summed E-state index contributed by atoms with van der Waals surface area (Å²) < 4.78 is 296. The van der Waals surface area contributed by atoms with Gasteiger partial charge in [0.15, 0.2) is 82.2 Å². The van der Waals surface area contributed by atoms with E-state index in [0.29, 0.717) is 11.1 Å². The zero-order valence-corrected chi connectivity index (χ0v) is 32.0. The van der Waals surface area contributed by atoms with Crippen molar-refractivity contribution in [3.63, 3.8) is 0 Å². The maximum Gasteiger partial charge on any atom is 0.249 e. The number of hydrogen-bond donors (Lipinski definition) is 1. The number of nitrogens with two attached hydrogens (primary N) is 1. The third kappa shape index (κ3) is 7.73. The van der Waals surface area contributed by atoms with Crippen LogP contribution in [0.1, 0.15) is 20.7 Å². The number of primary amides is 1. The van der Waals surface area contributed by atoms with Crippen molar-refractivity contribution in [3.05, 3.63) is 194 Å². The monoisotopic (exact) mass is 970 g/mol. The van der Waals surface area contributed by atoms with Gasteiger partial charge in [-0.05, 0) is 11.5 Å². The summed E-state index contributed by atoms with van der Waals surface area (Å²) in [4.78, 5) is 23.8. The molecule has 1 aromatic heterocycles. The molecule has 0 radical (unpaired) electrons. The predicted octanol–water partition coefficient (Wildman–Crippen LogP) is 7.96. The smallest absolute Gasteiger partial charge is 0.249 e. The number of ketones is 1. The largest absolute Gasteiger partial charge is 0.366 e. The molecule has 7 rings (SSSR count). The Morgan fingerprint density at radius 3 is 1.03 bits per heavy atom. The molecule has 0 bridgehead atoms. The highest BCUT2D eigenvalue weighted by Gasteiger charge is 2.52. The Morgan fingerprint density at radius 2 is 0.716 bits per heavy atom. The number of amides is 1. The van der Waals surface area contributed by atoms with Crippen molar-refractivity contribution in [2.24, 2.45) is 5.73 Å². The van der Waals surface area contributed by atoms with Crippen LogP contribution in [-0.4, -0.2) is 17.8 Å². The second kappa shape index (κ2) is 18.1. The molecule has 25 heteroatoms. The lowest BCUT2D eigenvalue weighted by molar-refractivity contribution is -0.681. The summed E-state index contributed by atoms with van der Waals surface area (Å²) in [6.45, 7) is 0.215. The molecule has 1 amide bonds. The van der Waals surface area contributed by atoms with Crippen molar-refractivity contribution >= 4 is 50.5 Å². The van der Waals surface area contributed by atoms with Crippen LogP contribution in [0.2, 0.25) is 0 Å². The van der Waals surface area contributed by atoms with E-state index in [1.54, 1.807) is 35.0 Å². The Hall–Kier alpha value is -7.47. The number of pyridine rings is 1. The van der Waals surface area contributed by atoms with Crippen LogP contribution < -0.4 is 32.2 Å². The fraction of sp³-hybridized carbons (Fsp3) is 0.0238. The van der Waals surface area contributed by atoms with E-state index in [2.05, 4.69) is 0 Å². The SMILES string of the molecule is Fc1c(F)c(F)c([B-](c2c(F)c(F)c(F)c(F)c2F)(c2c(F)c(F)c(F)c(F)c2F)c2c(F)c(F)c(F)c(F)c2F)c(F)c1F.NC(=O)c1cccc2cc[n+](CC(=O)c3ccccc3)cc12. The maximum absolute atomic E-state index is 15.4. The molecule has 0 saturated heterocycles. The molecule has 0 unspecified atom stereocenters. The van der Waals surface area contributed by atoms with E-state index < -0.39 is 150 Å². The quantitative estimate of drug-likeness (QED) is 0.0420. The van der Waals surface area contributed by atoms with Crippen molar-refractivity contribution < 1.29 is 102 Å². The second-order valence-corrected chi connectivity index (χ2v) is 13.9.